The minimum absolute atomic E-state index is 0.110. The highest BCUT2D eigenvalue weighted by Gasteiger charge is 2.19. The number of fused-ring (bicyclic) bond motifs is 1. The maximum atomic E-state index is 12.6. The predicted molar refractivity (Wildman–Crippen MR) is 105 cm³/mol. The van der Waals surface area contributed by atoms with Gasteiger partial charge in [-0.1, -0.05) is 18.2 Å². The number of imidazole rings is 1. The minimum atomic E-state index is -3.63. The van der Waals surface area contributed by atoms with E-state index < -0.39 is 10.0 Å². The zero-order valence-electron chi connectivity index (χ0n) is 15.4. The highest BCUT2D eigenvalue weighted by Crippen LogP contribution is 2.14. The number of hydrogen-bond acceptors (Lipinski definition) is 4. The highest BCUT2D eigenvalue weighted by molar-refractivity contribution is 7.89. The van der Waals surface area contributed by atoms with Gasteiger partial charge >= 0.3 is 0 Å². The predicted octanol–water partition coefficient (Wildman–Crippen LogP) is 1.98. The lowest BCUT2D eigenvalue weighted by Crippen LogP contribution is -2.27. The van der Waals surface area contributed by atoms with Crippen molar-refractivity contribution >= 4 is 21.4 Å². The van der Waals surface area contributed by atoms with Crippen LogP contribution in [0.5, 0.6) is 0 Å². The molecule has 3 heterocycles. The Morgan fingerprint density at radius 2 is 1.93 bits per heavy atom. The monoisotopic (exact) mass is 398 g/mol. The third-order valence-corrected chi connectivity index (χ3v) is 6.43. The zero-order valence-corrected chi connectivity index (χ0v) is 16.2. The Morgan fingerprint density at radius 1 is 1.11 bits per heavy atom. The van der Waals surface area contributed by atoms with Crippen molar-refractivity contribution in [2.75, 3.05) is 13.1 Å². The van der Waals surface area contributed by atoms with Crippen molar-refractivity contribution in [3.8, 4) is 0 Å². The maximum Gasteiger partial charge on any atom is 0.240 e. The van der Waals surface area contributed by atoms with E-state index >= 15 is 0 Å². The van der Waals surface area contributed by atoms with Gasteiger partial charge < -0.3 is 9.30 Å². The first-order chi connectivity index (χ1) is 13.5. The molecule has 3 aromatic rings. The molecule has 1 aromatic carbocycles. The number of nitrogens with one attached hydrogen (secondary N) is 1. The Bertz CT molecular complexity index is 1090. The molecule has 1 amide bonds. The summed E-state index contributed by atoms with van der Waals surface area (Å²) in [6.45, 7) is 1.60. The molecule has 1 aliphatic heterocycles. The lowest BCUT2D eigenvalue weighted by atomic mass is 10.1. The Kier molecular flexibility index (Phi) is 5.15. The number of amides is 1. The number of rotatable bonds is 7. The zero-order chi connectivity index (χ0) is 19.6. The van der Waals surface area contributed by atoms with E-state index in [1.54, 1.807) is 30.5 Å². The molecule has 28 heavy (non-hydrogen) atoms. The van der Waals surface area contributed by atoms with E-state index in [1.807, 2.05) is 33.7 Å². The van der Waals surface area contributed by atoms with E-state index in [1.165, 1.54) is 0 Å². The van der Waals surface area contributed by atoms with Crippen LogP contribution in [0.25, 0.3) is 5.52 Å². The maximum absolute atomic E-state index is 12.6. The number of benzene rings is 1. The molecule has 4 rings (SSSR count). The summed E-state index contributed by atoms with van der Waals surface area (Å²) >= 11 is 0. The van der Waals surface area contributed by atoms with Gasteiger partial charge in [-0.25, -0.2) is 18.1 Å². The van der Waals surface area contributed by atoms with Crippen molar-refractivity contribution in [1.29, 1.82) is 0 Å². The average Bonchev–Trinajstić information content (AvgIpc) is 3.31. The molecule has 146 valence electrons. The number of hydrogen-bond donors (Lipinski definition) is 1. The van der Waals surface area contributed by atoms with E-state index in [2.05, 4.69) is 9.71 Å². The normalized spacial score (nSPS) is 14.9. The fourth-order valence-electron chi connectivity index (χ4n) is 3.41. The van der Waals surface area contributed by atoms with Gasteiger partial charge in [0.2, 0.25) is 15.9 Å². The van der Waals surface area contributed by atoms with Crippen LogP contribution in [0, 0.1) is 0 Å². The molecule has 0 saturated carbocycles. The van der Waals surface area contributed by atoms with Crippen LogP contribution in [-0.2, 0) is 27.8 Å². The van der Waals surface area contributed by atoms with Crippen LogP contribution in [0.15, 0.2) is 59.8 Å². The van der Waals surface area contributed by atoms with Crippen LogP contribution in [0.4, 0.5) is 0 Å². The van der Waals surface area contributed by atoms with Crippen LogP contribution in [0.2, 0.25) is 0 Å². The molecule has 2 aromatic heterocycles. The van der Waals surface area contributed by atoms with Crippen LogP contribution < -0.4 is 4.72 Å². The smallest absolute Gasteiger partial charge is 0.240 e. The highest BCUT2D eigenvalue weighted by atomic mass is 32.2. The fourth-order valence-corrected chi connectivity index (χ4v) is 4.39. The van der Waals surface area contributed by atoms with Gasteiger partial charge in [0.15, 0.2) is 0 Å². The van der Waals surface area contributed by atoms with Gasteiger partial charge in [0.05, 0.1) is 23.2 Å². The van der Waals surface area contributed by atoms with Gasteiger partial charge in [-0.05, 0) is 42.7 Å². The number of sulfonamides is 1. The third-order valence-electron chi connectivity index (χ3n) is 5.01. The van der Waals surface area contributed by atoms with Crippen molar-refractivity contribution in [2.45, 2.75) is 30.7 Å². The van der Waals surface area contributed by atoms with E-state index in [-0.39, 0.29) is 17.3 Å². The Morgan fingerprint density at radius 3 is 2.68 bits per heavy atom. The van der Waals surface area contributed by atoms with Crippen LogP contribution in [0.3, 0.4) is 0 Å². The standard InChI is InChI=1S/C20H22N4O3S/c25-20-5-3-11-23(20)13-10-16-6-8-18(9-7-16)28(26,27)22-15-19-21-14-17-4-1-2-12-24(17)19/h1-2,4,6-9,12,14,22H,3,5,10-11,13,15H2. The number of nitrogens with zero attached hydrogens (tertiary/aromatic N) is 3. The Balaban J connectivity index is 1.39. The van der Waals surface area contributed by atoms with Crippen LogP contribution >= 0.6 is 0 Å². The second-order valence-electron chi connectivity index (χ2n) is 6.87. The topological polar surface area (TPSA) is 83.8 Å². The lowest BCUT2D eigenvalue weighted by molar-refractivity contribution is -0.127. The van der Waals surface area contributed by atoms with E-state index in [0.29, 0.717) is 18.8 Å². The molecule has 8 heteroatoms. The summed E-state index contributed by atoms with van der Waals surface area (Å²) in [5, 5.41) is 0. The molecule has 1 aliphatic rings. The first kappa shape index (κ1) is 18.6. The molecule has 0 spiro atoms. The van der Waals surface area contributed by atoms with Crippen LogP contribution in [0.1, 0.15) is 24.2 Å². The molecular formula is C20H22N4O3S. The van der Waals surface area contributed by atoms with Gasteiger partial charge in [0.1, 0.15) is 5.82 Å². The largest absolute Gasteiger partial charge is 0.342 e. The van der Waals surface area contributed by atoms with Gasteiger partial charge in [-0.3, -0.25) is 4.79 Å². The van der Waals surface area contributed by atoms with Gasteiger partial charge in [-0.15, -0.1) is 0 Å². The van der Waals surface area contributed by atoms with Gasteiger partial charge in [-0.2, -0.15) is 0 Å². The van der Waals surface area contributed by atoms with Crippen molar-refractivity contribution in [2.24, 2.45) is 0 Å². The van der Waals surface area contributed by atoms with E-state index in [4.69, 9.17) is 0 Å². The van der Waals surface area contributed by atoms with Gasteiger partial charge in [0, 0.05) is 25.7 Å². The SMILES string of the molecule is O=C1CCCN1CCc1ccc(S(=O)(=O)NCc2ncc3ccccn23)cc1. The summed E-state index contributed by atoms with van der Waals surface area (Å²) in [6, 6.07) is 12.5. The summed E-state index contributed by atoms with van der Waals surface area (Å²) in [7, 11) is -3.63. The molecule has 0 bridgehead atoms. The first-order valence-corrected chi connectivity index (χ1v) is 10.8. The molecular weight excluding hydrogens is 376 g/mol. The van der Waals surface area contributed by atoms with E-state index in [9.17, 15) is 13.2 Å². The second-order valence-corrected chi connectivity index (χ2v) is 8.64. The van der Waals surface area contributed by atoms with Crippen molar-refractivity contribution in [1.82, 2.24) is 19.0 Å². The third kappa shape index (κ3) is 3.93. The number of aromatic nitrogens is 2. The van der Waals surface area contributed by atoms with Crippen molar-refractivity contribution in [3.63, 3.8) is 0 Å². The molecule has 0 unspecified atom stereocenters. The summed E-state index contributed by atoms with van der Waals surface area (Å²) < 4.78 is 29.6. The second kappa shape index (κ2) is 7.73. The van der Waals surface area contributed by atoms with Crippen molar-refractivity contribution in [3.05, 3.63) is 66.2 Å². The lowest BCUT2D eigenvalue weighted by Gasteiger charge is -2.15. The Labute approximate surface area is 164 Å². The molecule has 7 nitrogen and oxygen atoms in total. The number of carbonyl (C=O) groups excluding carboxylic acids is 1. The summed E-state index contributed by atoms with van der Waals surface area (Å²) in [4.78, 5) is 18.0. The summed E-state index contributed by atoms with van der Waals surface area (Å²) in [5.41, 5.74) is 1.93. The van der Waals surface area contributed by atoms with E-state index in [0.717, 1.165) is 30.5 Å². The molecule has 0 aliphatic carbocycles. The molecule has 1 N–H and O–H groups in total. The average molecular weight is 398 g/mol. The fraction of sp³-hybridized carbons (Fsp3) is 0.300. The van der Waals surface area contributed by atoms with Crippen LogP contribution in [-0.4, -0.2) is 41.7 Å². The number of carbonyl (C=O) groups is 1. The molecule has 1 saturated heterocycles. The summed E-state index contributed by atoms with van der Waals surface area (Å²) in [6.07, 6.45) is 5.84. The number of likely N-dealkylation sites (tertiary alicyclic amines) is 1. The Hall–Kier alpha value is -2.71. The van der Waals surface area contributed by atoms with Gasteiger partial charge in [0.25, 0.3) is 0 Å². The number of pyridine rings is 1. The molecule has 1 fully saturated rings. The summed E-state index contributed by atoms with van der Waals surface area (Å²) in [5.74, 6) is 0.834. The first-order valence-electron chi connectivity index (χ1n) is 9.30. The molecule has 0 radical (unpaired) electrons. The molecule has 0 atom stereocenters. The minimum Gasteiger partial charge on any atom is -0.342 e. The van der Waals surface area contributed by atoms with Crippen molar-refractivity contribution < 1.29 is 13.2 Å². The quantitative estimate of drug-likeness (QED) is 0.660.